The van der Waals surface area contributed by atoms with Crippen LogP contribution in [0.25, 0.3) is 0 Å². The van der Waals surface area contributed by atoms with Gasteiger partial charge < -0.3 is 9.84 Å². The maximum Gasteiger partial charge on any atom is 0.142 e. The molecule has 0 radical (unpaired) electrons. The van der Waals surface area contributed by atoms with Crippen LogP contribution in [0.5, 0.6) is 0 Å². The van der Waals surface area contributed by atoms with E-state index in [1.165, 1.54) is 0 Å². The van der Waals surface area contributed by atoms with Gasteiger partial charge >= 0.3 is 0 Å². The monoisotopic (exact) mass is 228 g/mol. The summed E-state index contributed by atoms with van der Waals surface area (Å²) in [6, 6.07) is 0. The van der Waals surface area contributed by atoms with E-state index in [0.29, 0.717) is 5.92 Å². The lowest BCUT2D eigenvalue weighted by molar-refractivity contribution is 0.0118. The quantitative estimate of drug-likeness (QED) is 0.591. The molecule has 0 aromatic heterocycles. The van der Waals surface area contributed by atoms with E-state index in [-0.39, 0.29) is 6.10 Å². The van der Waals surface area contributed by atoms with Crippen LogP contribution in [0.3, 0.4) is 0 Å². The molecule has 0 fully saturated rings. The zero-order valence-corrected chi connectivity index (χ0v) is 11.8. The molecule has 0 aromatic carbocycles. The highest BCUT2D eigenvalue weighted by atomic mass is 28.3. The van der Waals surface area contributed by atoms with E-state index in [1.54, 1.807) is 7.11 Å². The predicted molar refractivity (Wildman–Crippen MR) is 67.4 cm³/mol. The summed E-state index contributed by atoms with van der Waals surface area (Å²) in [5.41, 5.74) is 3.23. The maximum atomic E-state index is 9.86. The average molecular weight is 228 g/mol. The molecule has 2 nitrogen and oxygen atoms in total. The van der Waals surface area contributed by atoms with Gasteiger partial charge in [-0.2, -0.15) is 0 Å². The number of rotatable bonds is 4. The molecule has 1 N–H and O–H groups in total. The standard InChI is InChI=1S/C12H24O2Si/c1-10(2)9-11(13)12(14-3)7-8-15(4,5)6/h10-13H,9H2,1-6H3/t11-,12+/m1/s1. The molecule has 0 heterocycles. The Labute approximate surface area is 95.0 Å². The summed E-state index contributed by atoms with van der Waals surface area (Å²) in [6.45, 7) is 10.7. The van der Waals surface area contributed by atoms with Gasteiger partial charge in [0.25, 0.3) is 0 Å². The molecule has 0 bridgehead atoms. The minimum absolute atomic E-state index is 0.334. The summed E-state index contributed by atoms with van der Waals surface area (Å²) in [5, 5.41) is 9.86. The summed E-state index contributed by atoms with van der Waals surface area (Å²) >= 11 is 0. The van der Waals surface area contributed by atoms with Gasteiger partial charge in [0.2, 0.25) is 0 Å². The Balaban J connectivity index is 4.41. The minimum Gasteiger partial charge on any atom is -0.389 e. The van der Waals surface area contributed by atoms with Crippen molar-refractivity contribution in [2.45, 2.75) is 52.1 Å². The fourth-order valence-corrected chi connectivity index (χ4v) is 1.78. The van der Waals surface area contributed by atoms with Gasteiger partial charge in [0.05, 0.1) is 6.10 Å². The second-order valence-corrected chi connectivity index (χ2v) is 10.1. The van der Waals surface area contributed by atoms with Crippen LogP contribution in [0.15, 0.2) is 0 Å². The van der Waals surface area contributed by atoms with Crippen molar-refractivity contribution in [1.29, 1.82) is 0 Å². The molecule has 0 amide bonds. The molecule has 0 aliphatic rings. The van der Waals surface area contributed by atoms with Crippen LogP contribution >= 0.6 is 0 Å². The summed E-state index contributed by atoms with van der Waals surface area (Å²) in [6.07, 6.45) is -0.0724. The highest BCUT2D eigenvalue weighted by Gasteiger charge is 2.18. The number of hydrogen-bond donors (Lipinski definition) is 1. The first-order valence-electron chi connectivity index (χ1n) is 5.50. The topological polar surface area (TPSA) is 29.5 Å². The first-order valence-corrected chi connectivity index (χ1v) is 9.00. The highest BCUT2D eigenvalue weighted by molar-refractivity contribution is 6.83. The molecule has 0 aromatic rings. The lowest BCUT2D eigenvalue weighted by atomic mass is 10.0. The Morgan fingerprint density at radius 3 is 2.13 bits per heavy atom. The molecule has 0 aliphatic heterocycles. The van der Waals surface area contributed by atoms with Crippen LogP contribution < -0.4 is 0 Å². The van der Waals surface area contributed by atoms with Gasteiger partial charge in [-0.05, 0) is 12.3 Å². The van der Waals surface area contributed by atoms with Gasteiger partial charge in [-0.25, -0.2) is 0 Å². The van der Waals surface area contributed by atoms with Crippen molar-refractivity contribution in [3.05, 3.63) is 0 Å². The number of aliphatic hydroxyl groups is 1. The normalized spacial score (nSPS) is 15.7. The molecule has 0 aliphatic carbocycles. The van der Waals surface area contributed by atoms with E-state index in [1.807, 2.05) is 0 Å². The molecule has 88 valence electrons. The van der Waals surface area contributed by atoms with Crippen molar-refractivity contribution in [2.75, 3.05) is 7.11 Å². The van der Waals surface area contributed by atoms with Crippen LogP contribution in [-0.2, 0) is 4.74 Å². The molecule has 15 heavy (non-hydrogen) atoms. The van der Waals surface area contributed by atoms with Gasteiger partial charge in [0, 0.05) is 7.11 Å². The third-order valence-electron chi connectivity index (χ3n) is 1.91. The lowest BCUT2D eigenvalue weighted by Gasteiger charge is -2.18. The lowest BCUT2D eigenvalue weighted by Crippen LogP contribution is -2.29. The van der Waals surface area contributed by atoms with Gasteiger partial charge in [-0.1, -0.05) is 39.4 Å². The third kappa shape index (κ3) is 7.61. The third-order valence-corrected chi connectivity index (χ3v) is 2.80. The van der Waals surface area contributed by atoms with Gasteiger partial charge in [0.1, 0.15) is 14.2 Å². The first kappa shape index (κ1) is 14.7. The minimum atomic E-state index is -1.37. The van der Waals surface area contributed by atoms with Crippen LogP contribution in [0.4, 0.5) is 0 Å². The molecule has 0 unspecified atom stereocenters. The number of ether oxygens (including phenoxy) is 1. The van der Waals surface area contributed by atoms with Crippen molar-refractivity contribution in [1.82, 2.24) is 0 Å². The summed E-state index contributed by atoms with van der Waals surface area (Å²) in [4.78, 5) is 0. The number of hydrogen-bond acceptors (Lipinski definition) is 2. The number of aliphatic hydroxyl groups excluding tert-OH is 1. The Morgan fingerprint density at radius 2 is 1.80 bits per heavy atom. The van der Waals surface area contributed by atoms with Crippen LogP contribution in [0.2, 0.25) is 19.6 Å². The molecule has 0 rings (SSSR count). The van der Waals surface area contributed by atoms with E-state index in [0.717, 1.165) is 6.42 Å². The van der Waals surface area contributed by atoms with E-state index in [4.69, 9.17) is 4.74 Å². The Morgan fingerprint density at radius 1 is 1.27 bits per heavy atom. The van der Waals surface area contributed by atoms with E-state index >= 15 is 0 Å². The molecular weight excluding hydrogens is 204 g/mol. The molecular formula is C12H24O2Si. The second kappa shape index (κ2) is 6.32. The fourth-order valence-electron chi connectivity index (χ4n) is 1.21. The summed E-state index contributed by atoms with van der Waals surface area (Å²) in [5.74, 6) is 3.52. The van der Waals surface area contributed by atoms with Crippen LogP contribution in [-0.4, -0.2) is 32.5 Å². The smallest absolute Gasteiger partial charge is 0.142 e. The first-order chi connectivity index (χ1) is 6.76. The molecule has 0 saturated carbocycles. The summed E-state index contributed by atoms with van der Waals surface area (Å²) in [7, 11) is 0.230. The Kier molecular flexibility index (Phi) is 6.19. The van der Waals surface area contributed by atoms with E-state index < -0.39 is 14.2 Å². The zero-order valence-electron chi connectivity index (χ0n) is 10.8. The average Bonchev–Trinajstić information content (AvgIpc) is 2.01. The summed E-state index contributed by atoms with van der Waals surface area (Å²) < 4.78 is 5.21. The van der Waals surface area contributed by atoms with E-state index in [2.05, 4.69) is 45.0 Å². The molecule has 0 saturated heterocycles. The van der Waals surface area contributed by atoms with Crippen LogP contribution in [0, 0.1) is 17.4 Å². The zero-order chi connectivity index (χ0) is 12.1. The SMILES string of the molecule is CO[C@@H](C#C[Si](C)(C)C)[C@H](O)CC(C)C. The van der Waals surface area contributed by atoms with Gasteiger partial charge in [0.15, 0.2) is 0 Å². The predicted octanol–water partition coefficient (Wildman–Crippen LogP) is 2.29. The van der Waals surface area contributed by atoms with Crippen molar-refractivity contribution in [3.63, 3.8) is 0 Å². The molecule has 2 atom stereocenters. The fraction of sp³-hybridized carbons (Fsp3) is 0.833. The maximum absolute atomic E-state index is 9.86. The van der Waals surface area contributed by atoms with E-state index in [9.17, 15) is 5.11 Å². The molecule has 0 spiro atoms. The second-order valence-electron chi connectivity index (χ2n) is 5.37. The van der Waals surface area contributed by atoms with Crippen molar-refractivity contribution in [3.8, 4) is 11.5 Å². The van der Waals surface area contributed by atoms with Crippen molar-refractivity contribution < 1.29 is 9.84 Å². The van der Waals surface area contributed by atoms with Crippen LogP contribution in [0.1, 0.15) is 20.3 Å². The highest BCUT2D eigenvalue weighted by Crippen LogP contribution is 2.10. The largest absolute Gasteiger partial charge is 0.389 e. The Bertz CT molecular complexity index is 232. The van der Waals surface area contributed by atoms with Crippen molar-refractivity contribution in [2.24, 2.45) is 5.92 Å². The number of methoxy groups -OCH3 is 1. The van der Waals surface area contributed by atoms with Gasteiger partial charge in [-0.15, -0.1) is 5.54 Å². The Hall–Kier alpha value is -0.303. The molecule has 3 heteroatoms. The van der Waals surface area contributed by atoms with Gasteiger partial charge in [-0.3, -0.25) is 0 Å². The van der Waals surface area contributed by atoms with Crippen molar-refractivity contribution >= 4 is 8.07 Å².